The molecule has 0 atom stereocenters. The number of aryl methyl sites for hydroxylation is 1. The maximum Gasteiger partial charge on any atom is 0.344 e. The van der Waals surface area contributed by atoms with Gasteiger partial charge < -0.3 is 9.47 Å². The standard InChI is InChI=1S/C19H16FNO3S/c1-13-5-7-14(8-6-13)19-21-16(12-25-19)10-24-18(22)11-23-17-4-2-3-15(20)9-17/h2-9,12H,10-11H2,1H3. The Morgan fingerprint density at radius 1 is 1.20 bits per heavy atom. The van der Waals surface area contributed by atoms with E-state index in [1.54, 1.807) is 6.07 Å². The highest BCUT2D eigenvalue weighted by atomic mass is 32.1. The first-order valence-corrected chi connectivity index (χ1v) is 8.53. The number of ether oxygens (including phenoxy) is 2. The van der Waals surface area contributed by atoms with Crippen molar-refractivity contribution in [1.29, 1.82) is 0 Å². The molecule has 0 saturated carbocycles. The Morgan fingerprint density at radius 2 is 2.00 bits per heavy atom. The molecular formula is C19H16FNO3S. The maximum atomic E-state index is 13.0. The van der Waals surface area contributed by atoms with Crippen LogP contribution in [0.2, 0.25) is 0 Å². The molecular weight excluding hydrogens is 341 g/mol. The van der Waals surface area contributed by atoms with Crippen molar-refractivity contribution >= 4 is 17.3 Å². The van der Waals surface area contributed by atoms with Crippen LogP contribution >= 0.6 is 11.3 Å². The molecule has 0 radical (unpaired) electrons. The summed E-state index contributed by atoms with van der Waals surface area (Å²) in [5.74, 6) is -0.668. The van der Waals surface area contributed by atoms with E-state index in [1.807, 2.05) is 36.6 Å². The number of halogens is 1. The van der Waals surface area contributed by atoms with E-state index in [9.17, 15) is 9.18 Å². The number of carbonyl (C=O) groups is 1. The lowest BCUT2D eigenvalue weighted by Crippen LogP contribution is -2.14. The Balaban J connectivity index is 1.50. The summed E-state index contributed by atoms with van der Waals surface area (Å²) in [4.78, 5) is 16.2. The van der Waals surface area contributed by atoms with Gasteiger partial charge in [-0.15, -0.1) is 11.3 Å². The number of hydrogen-bond donors (Lipinski definition) is 0. The van der Waals surface area contributed by atoms with Crippen molar-refractivity contribution < 1.29 is 18.7 Å². The van der Waals surface area contributed by atoms with Crippen molar-refractivity contribution in [2.45, 2.75) is 13.5 Å². The lowest BCUT2D eigenvalue weighted by atomic mass is 10.2. The van der Waals surface area contributed by atoms with E-state index < -0.39 is 11.8 Å². The van der Waals surface area contributed by atoms with Gasteiger partial charge in [-0.05, 0) is 19.1 Å². The molecule has 0 spiro atoms. The van der Waals surface area contributed by atoms with Gasteiger partial charge in [0.1, 0.15) is 23.2 Å². The molecule has 1 aromatic heterocycles. The predicted molar refractivity (Wildman–Crippen MR) is 94.0 cm³/mol. The summed E-state index contributed by atoms with van der Waals surface area (Å²) in [5, 5.41) is 2.73. The molecule has 25 heavy (non-hydrogen) atoms. The fourth-order valence-corrected chi connectivity index (χ4v) is 2.91. The highest BCUT2D eigenvalue weighted by Gasteiger charge is 2.09. The Labute approximate surface area is 148 Å². The largest absolute Gasteiger partial charge is 0.482 e. The van der Waals surface area contributed by atoms with Crippen molar-refractivity contribution in [2.75, 3.05) is 6.61 Å². The van der Waals surface area contributed by atoms with Crippen LogP contribution in [0.25, 0.3) is 10.6 Å². The van der Waals surface area contributed by atoms with Crippen LogP contribution < -0.4 is 4.74 Å². The highest BCUT2D eigenvalue weighted by molar-refractivity contribution is 7.13. The van der Waals surface area contributed by atoms with E-state index in [-0.39, 0.29) is 19.0 Å². The Bertz CT molecular complexity index is 861. The maximum absolute atomic E-state index is 13.0. The van der Waals surface area contributed by atoms with Gasteiger partial charge in [0.2, 0.25) is 0 Å². The monoisotopic (exact) mass is 357 g/mol. The molecule has 0 unspecified atom stereocenters. The van der Waals surface area contributed by atoms with Gasteiger partial charge in [-0.3, -0.25) is 0 Å². The quantitative estimate of drug-likeness (QED) is 0.614. The van der Waals surface area contributed by atoms with Crippen molar-refractivity contribution in [2.24, 2.45) is 0 Å². The van der Waals surface area contributed by atoms with Gasteiger partial charge in [-0.2, -0.15) is 0 Å². The third-order valence-electron chi connectivity index (χ3n) is 3.38. The molecule has 4 nitrogen and oxygen atoms in total. The van der Waals surface area contributed by atoms with Crippen molar-refractivity contribution in [3.8, 4) is 16.3 Å². The predicted octanol–water partition coefficient (Wildman–Crippen LogP) is 4.38. The first-order chi connectivity index (χ1) is 12.1. The number of nitrogens with zero attached hydrogens (tertiary/aromatic N) is 1. The van der Waals surface area contributed by atoms with Crippen LogP contribution in [0.3, 0.4) is 0 Å². The summed E-state index contributed by atoms with van der Waals surface area (Å²) < 4.78 is 23.3. The Kier molecular flexibility index (Phi) is 5.40. The third kappa shape index (κ3) is 4.87. The molecule has 0 fully saturated rings. The number of rotatable bonds is 6. The molecule has 0 aliphatic rings. The number of hydrogen-bond acceptors (Lipinski definition) is 5. The fourth-order valence-electron chi connectivity index (χ4n) is 2.10. The molecule has 3 aromatic rings. The highest BCUT2D eigenvalue weighted by Crippen LogP contribution is 2.24. The first-order valence-electron chi connectivity index (χ1n) is 7.65. The zero-order chi connectivity index (χ0) is 17.6. The fraction of sp³-hybridized carbons (Fsp3) is 0.158. The van der Waals surface area contributed by atoms with Gasteiger partial charge in [-0.25, -0.2) is 14.2 Å². The number of esters is 1. The SMILES string of the molecule is Cc1ccc(-c2nc(COC(=O)COc3cccc(F)c3)cs2)cc1. The average Bonchev–Trinajstić information content (AvgIpc) is 3.08. The van der Waals surface area contributed by atoms with E-state index in [0.717, 1.165) is 10.6 Å². The smallest absolute Gasteiger partial charge is 0.344 e. The molecule has 3 rings (SSSR count). The lowest BCUT2D eigenvalue weighted by molar-refractivity contribution is -0.147. The molecule has 2 aromatic carbocycles. The lowest BCUT2D eigenvalue weighted by Gasteiger charge is -2.06. The minimum atomic E-state index is -0.533. The Hall–Kier alpha value is -2.73. The van der Waals surface area contributed by atoms with Crippen LogP contribution in [0.4, 0.5) is 4.39 Å². The second-order valence-corrected chi connectivity index (χ2v) is 6.27. The summed E-state index contributed by atoms with van der Waals surface area (Å²) in [6.07, 6.45) is 0. The zero-order valence-electron chi connectivity index (χ0n) is 13.6. The van der Waals surface area contributed by atoms with Crippen LogP contribution in [-0.2, 0) is 16.1 Å². The van der Waals surface area contributed by atoms with Gasteiger partial charge in [0.15, 0.2) is 6.61 Å². The number of benzene rings is 2. The topological polar surface area (TPSA) is 48.4 Å². The van der Waals surface area contributed by atoms with E-state index in [2.05, 4.69) is 4.98 Å². The van der Waals surface area contributed by atoms with Gasteiger partial charge in [-0.1, -0.05) is 35.9 Å². The first kappa shape index (κ1) is 17.1. The van der Waals surface area contributed by atoms with Crippen LogP contribution in [-0.4, -0.2) is 17.6 Å². The second-order valence-electron chi connectivity index (χ2n) is 5.42. The molecule has 0 saturated heterocycles. The molecule has 0 amide bonds. The summed E-state index contributed by atoms with van der Waals surface area (Å²) in [5.41, 5.74) is 2.90. The molecule has 1 heterocycles. The summed E-state index contributed by atoms with van der Waals surface area (Å²) in [6, 6.07) is 13.7. The van der Waals surface area contributed by atoms with Crippen LogP contribution in [0.1, 0.15) is 11.3 Å². The minimum Gasteiger partial charge on any atom is -0.482 e. The molecule has 128 valence electrons. The average molecular weight is 357 g/mol. The molecule has 0 aliphatic heterocycles. The molecule has 6 heteroatoms. The Morgan fingerprint density at radius 3 is 2.76 bits per heavy atom. The number of carbonyl (C=O) groups excluding carboxylic acids is 1. The molecule has 0 N–H and O–H groups in total. The molecule has 0 bridgehead atoms. The van der Waals surface area contributed by atoms with Gasteiger partial charge in [0.25, 0.3) is 0 Å². The van der Waals surface area contributed by atoms with E-state index in [1.165, 1.54) is 35.1 Å². The minimum absolute atomic E-state index is 0.0771. The normalized spacial score (nSPS) is 10.5. The van der Waals surface area contributed by atoms with E-state index >= 15 is 0 Å². The number of thiazole rings is 1. The van der Waals surface area contributed by atoms with Crippen LogP contribution in [0, 0.1) is 12.7 Å². The number of aromatic nitrogens is 1. The molecule has 0 aliphatic carbocycles. The summed E-state index contributed by atoms with van der Waals surface area (Å²) in [7, 11) is 0. The van der Waals surface area contributed by atoms with Crippen LogP contribution in [0.5, 0.6) is 5.75 Å². The van der Waals surface area contributed by atoms with Crippen molar-refractivity contribution in [3.05, 3.63) is 71.0 Å². The summed E-state index contributed by atoms with van der Waals surface area (Å²) >= 11 is 1.50. The summed E-state index contributed by atoms with van der Waals surface area (Å²) in [6.45, 7) is 1.83. The van der Waals surface area contributed by atoms with Gasteiger partial charge >= 0.3 is 5.97 Å². The third-order valence-corrected chi connectivity index (χ3v) is 4.32. The van der Waals surface area contributed by atoms with Crippen molar-refractivity contribution in [3.63, 3.8) is 0 Å². The second kappa shape index (κ2) is 7.90. The van der Waals surface area contributed by atoms with E-state index in [0.29, 0.717) is 5.69 Å². The van der Waals surface area contributed by atoms with Crippen molar-refractivity contribution in [1.82, 2.24) is 4.98 Å². The zero-order valence-corrected chi connectivity index (χ0v) is 14.4. The van der Waals surface area contributed by atoms with Crippen LogP contribution in [0.15, 0.2) is 53.9 Å². The van der Waals surface area contributed by atoms with Gasteiger partial charge in [0.05, 0.1) is 5.69 Å². The van der Waals surface area contributed by atoms with E-state index in [4.69, 9.17) is 9.47 Å². The van der Waals surface area contributed by atoms with Gasteiger partial charge in [0, 0.05) is 17.0 Å².